The van der Waals surface area contributed by atoms with Crippen LogP contribution in [0.1, 0.15) is 123 Å². The second-order valence-corrected chi connectivity index (χ2v) is 13.7. The van der Waals surface area contributed by atoms with Gasteiger partial charge in [0.05, 0.1) is 19.3 Å². The minimum atomic E-state index is -4.41. The van der Waals surface area contributed by atoms with Crippen molar-refractivity contribution in [1.29, 1.82) is 0 Å². The summed E-state index contributed by atoms with van der Waals surface area (Å²) in [5.41, 5.74) is 5.32. The van der Waals surface area contributed by atoms with Crippen molar-refractivity contribution in [1.82, 2.24) is 0 Å². The monoisotopic (exact) mass is 749 g/mol. The molecule has 0 saturated heterocycles. The summed E-state index contributed by atoms with van der Waals surface area (Å²) in [5, 5.41) is 9.85. The van der Waals surface area contributed by atoms with E-state index in [9.17, 15) is 24.2 Å². The Hall–Kier alpha value is -2.85. The molecule has 0 aliphatic carbocycles. The first kappa shape index (κ1) is 49.1. The number of hydrogen-bond acceptors (Lipinski definition) is 9. The number of ether oxygens (including phenoxy) is 2. The second kappa shape index (κ2) is 36.5. The van der Waals surface area contributed by atoms with Crippen LogP contribution in [0.3, 0.4) is 0 Å². The van der Waals surface area contributed by atoms with Crippen molar-refractivity contribution in [3.63, 3.8) is 0 Å². The van der Waals surface area contributed by atoms with E-state index in [1.165, 1.54) is 0 Å². The molecule has 4 N–H and O–H groups in total. The number of rotatable bonds is 34. The average Bonchev–Trinajstić information content (AvgIpc) is 3.12. The zero-order chi connectivity index (χ0) is 38.4. The Labute approximate surface area is 314 Å². The summed E-state index contributed by atoms with van der Waals surface area (Å²) in [5.74, 6) is -0.943. The number of phosphoric ester groups is 1. The zero-order valence-corrected chi connectivity index (χ0v) is 32.8. The van der Waals surface area contributed by atoms with Crippen molar-refractivity contribution >= 4 is 19.8 Å². The summed E-state index contributed by atoms with van der Waals surface area (Å²) >= 11 is 0. The molecule has 0 bridgehead atoms. The number of carbonyl (C=O) groups excluding carboxylic acids is 2. The van der Waals surface area contributed by atoms with Gasteiger partial charge in [-0.2, -0.15) is 0 Å². The van der Waals surface area contributed by atoms with Gasteiger partial charge in [-0.1, -0.05) is 118 Å². The van der Waals surface area contributed by atoms with Gasteiger partial charge in [0.1, 0.15) is 6.61 Å². The molecule has 52 heavy (non-hydrogen) atoms. The standard InChI is InChI=1S/C41H68NO9P/c1-3-5-7-8-9-10-11-12-13-14-15-18-22-25-29-33-41(45)51-39(37-50-52(46,47)49-35-34-42)36-48-40(44)32-28-24-21-19-16-17-20-23-27-31-38(43)30-26-6-4-2/h5-7,9-10,12-13,15,18,20,23,26-27,31,38-39,43H,3-4,8,11,14,16-17,19,21-22,24-25,28-30,32-37,42H2,1-2H3,(H,46,47)/b7-5-,10-9-,13-12-,18-15-,23-20+,26-6+,31-27+/t38?,39-/m1/s1. The topological polar surface area (TPSA) is 155 Å². The van der Waals surface area contributed by atoms with Gasteiger partial charge in [0.25, 0.3) is 0 Å². The van der Waals surface area contributed by atoms with E-state index >= 15 is 0 Å². The van der Waals surface area contributed by atoms with E-state index in [0.717, 1.165) is 77.0 Å². The SMILES string of the molecule is CC/C=C\C/C=C\C/C=C\C/C=C\CCCCC(=O)O[C@H](COC(=O)CCCCCCC/C=C/C=C/C(O)C/C=C/CC)COP(=O)(O)OCCN. The van der Waals surface area contributed by atoms with Crippen LogP contribution in [0.2, 0.25) is 0 Å². The van der Waals surface area contributed by atoms with Crippen LogP contribution in [0.4, 0.5) is 0 Å². The Morgan fingerprint density at radius 1 is 0.673 bits per heavy atom. The van der Waals surface area contributed by atoms with Crippen LogP contribution >= 0.6 is 7.82 Å². The predicted molar refractivity (Wildman–Crippen MR) is 211 cm³/mol. The van der Waals surface area contributed by atoms with E-state index in [1.807, 2.05) is 24.3 Å². The number of aliphatic hydroxyl groups is 1. The smallest absolute Gasteiger partial charge is 0.462 e. The van der Waals surface area contributed by atoms with Crippen molar-refractivity contribution in [3.8, 4) is 0 Å². The zero-order valence-electron chi connectivity index (χ0n) is 31.9. The lowest BCUT2D eigenvalue weighted by Gasteiger charge is -2.19. The maximum atomic E-state index is 12.5. The molecular formula is C41H68NO9P. The van der Waals surface area contributed by atoms with Crippen LogP contribution in [0.5, 0.6) is 0 Å². The number of phosphoric acid groups is 1. The second-order valence-electron chi connectivity index (χ2n) is 12.2. The van der Waals surface area contributed by atoms with Crippen molar-refractivity contribution in [3.05, 3.63) is 85.1 Å². The van der Waals surface area contributed by atoms with Crippen molar-refractivity contribution in [2.45, 2.75) is 135 Å². The first-order valence-corrected chi connectivity index (χ1v) is 20.7. The lowest BCUT2D eigenvalue weighted by molar-refractivity contribution is -0.161. The number of allylic oxidation sites excluding steroid dienone is 12. The van der Waals surface area contributed by atoms with Crippen LogP contribution in [0, 0.1) is 0 Å². The highest BCUT2D eigenvalue weighted by Crippen LogP contribution is 2.43. The van der Waals surface area contributed by atoms with Gasteiger partial charge in [0, 0.05) is 19.4 Å². The fourth-order valence-corrected chi connectivity index (χ4v) is 5.31. The van der Waals surface area contributed by atoms with Crippen molar-refractivity contribution in [2.24, 2.45) is 5.73 Å². The third-order valence-corrected chi connectivity index (χ3v) is 8.34. The van der Waals surface area contributed by atoms with E-state index in [0.29, 0.717) is 19.3 Å². The molecule has 0 aromatic carbocycles. The molecule has 296 valence electrons. The fourth-order valence-electron chi connectivity index (χ4n) is 4.54. The molecule has 11 heteroatoms. The maximum Gasteiger partial charge on any atom is 0.472 e. The van der Waals surface area contributed by atoms with Gasteiger partial charge in [-0.3, -0.25) is 18.6 Å². The summed E-state index contributed by atoms with van der Waals surface area (Å²) in [6.45, 7) is 3.27. The largest absolute Gasteiger partial charge is 0.472 e. The van der Waals surface area contributed by atoms with Crippen LogP contribution < -0.4 is 5.73 Å². The van der Waals surface area contributed by atoms with E-state index in [1.54, 1.807) is 6.08 Å². The number of hydrogen-bond donors (Lipinski definition) is 3. The Bertz CT molecular complexity index is 1140. The molecule has 10 nitrogen and oxygen atoms in total. The first-order valence-electron chi connectivity index (χ1n) is 19.2. The molecule has 2 unspecified atom stereocenters. The maximum absolute atomic E-state index is 12.5. The molecule has 0 aliphatic heterocycles. The number of nitrogens with two attached hydrogens (primary N) is 1. The normalized spacial score (nSPS) is 14.9. The van der Waals surface area contributed by atoms with Gasteiger partial charge < -0.3 is 25.2 Å². The van der Waals surface area contributed by atoms with Crippen molar-refractivity contribution < 1.29 is 42.7 Å². The minimum Gasteiger partial charge on any atom is -0.462 e. The molecule has 0 aliphatic rings. The van der Waals surface area contributed by atoms with Gasteiger partial charge in [0.15, 0.2) is 6.10 Å². The molecule has 0 fully saturated rings. The van der Waals surface area contributed by atoms with E-state index < -0.39 is 38.6 Å². The van der Waals surface area contributed by atoms with E-state index in [-0.39, 0.29) is 32.6 Å². The van der Waals surface area contributed by atoms with Gasteiger partial charge in [-0.25, -0.2) is 4.57 Å². The van der Waals surface area contributed by atoms with E-state index in [4.69, 9.17) is 24.3 Å². The highest BCUT2D eigenvalue weighted by Gasteiger charge is 2.25. The van der Waals surface area contributed by atoms with Crippen LogP contribution in [0.15, 0.2) is 85.1 Å². The molecule has 3 atom stereocenters. The molecular weight excluding hydrogens is 681 g/mol. The summed E-state index contributed by atoms with van der Waals surface area (Å²) in [6.07, 6.45) is 40.9. The summed E-state index contributed by atoms with van der Waals surface area (Å²) in [4.78, 5) is 34.7. The molecule has 0 spiro atoms. The quantitative estimate of drug-likeness (QED) is 0.0191. The van der Waals surface area contributed by atoms with Crippen LogP contribution in [0.25, 0.3) is 0 Å². The molecule has 0 saturated carbocycles. The van der Waals surface area contributed by atoms with Crippen molar-refractivity contribution in [2.75, 3.05) is 26.4 Å². The predicted octanol–water partition coefficient (Wildman–Crippen LogP) is 9.46. The summed E-state index contributed by atoms with van der Waals surface area (Å²) in [6, 6.07) is 0. The molecule has 0 aromatic rings. The average molecular weight is 750 g/mol. The lowest BCUT2D eigenvalue weighted by Crippen LogP contribution is -2.29. The molecule has 0 amide bonds. The Balaban J connectivity index is 4.38. The van der Waals surface area contributed by atoms with Crippen LogP contribution in [-0.4, -0.2) is 60.5 Å². The summed E-state index contributed by atoms with van der Waals surface area (Å²) in [7, 11) is -4.41. The number of carbonyl (C=O) groups is 2. The highest BCUT2D eigenvalue weighted by atomic mass is 31.2. The molecule has 0 rings (SSSR count). The Kier molecular flexibility index (Phi) is 34.5. The summed E-state index contributed by atoms with van der Waals surface area (Å²) < 4.78 is 32.6. The van der Waals surface area contributed by atoms with Gasteiger partial charge in [-0.05, 0) is 77.0 Å². The molecule has 0 radical (unpaired) electrons. The number of unbranched alkanes of at least 4 members (excludes halogenated alkanes) is 7. The number of aliphatic hydroxyl groups excluding tert-OH is 1. The lowest BCUT2D eigenvalue weighted by atomic mass is 10.1. The Morgan fingerprint density at radius 2 is 1.23 bits per heavy atom. The van der Waals surface area contributed by atoms with Gasteiger partial charge in [0.2, 0.25) is 0 Å². The van der Waals surface area contributed by atoms with Gasteiger partial charge >= 0.3 is 19.8 Å². The highest BCUT2D eigenvalue weighted by molar-refractivity contribution is 7.47. The third-order valence-electron chi connectivity index (χ3n) is 7.36. The Morgan fingerprint density at radius 3 is 1.92 bits per heavy atom. The third kappa shape index (κ3) is 35.5. The fraction of sp³-hybridized carbons (Fsp3) is 0.610. The minimum absolute atomic E-state index is 0.0307. The van der Waals surface area contributed by atoms with E-state index in [2.05, 4.69) is 68.5 Å². The number of esters is 2. The van der Waals surface area contributed by atoms with Gasteiger partial charge in [-0.15, -0.1) is 0 Å². The van der Waals surface area contributed by atoms with Crippen LogP contribution in [-0.2, 0) is 32.7 Å². The molecule has 0 aromatic heterocycles. The first-order chi connectivity index (χ1) is 25.2. The molecule has 0 heterocycles.